The first kappa shape index (κ1) is 12.9. The molecule has 0 aromatic heterocycles. The van der Waals surface area contributed by atoms with E-state index in [0.29, 0.717) is 18.4 Å². The molecule has 4 nitrogen and oxygen atoms in total. The van der Waals surface area contributed by atoms with Crippen LogP contribution in [0.2, 0.25) is 0 Å². The Morgan fingerprint density at radius 3 is 3.00 bits per heavy atom. The van der Waals surface area contributed by atoms with Crippen molar-refractivity contribution in [1.82, 2.24) is 0 Å². The molecule has 1 aliphatic carbocycles. The van der Waals surface area contributed by atoms with E-state index in [1.165, 1.54) is 0 Å². The lowest BCUT2D eigenvalue weighted by molar-refractivity contribution is -0.139. The molecule has 0 spiro atoms. The summed E-state index contributed by atoms with van der Waals surface area (Å²) in [5, 5.41) is 10.0. The van der Waals surface area contributed by atoms with Crippen LogP contribution in [0.1, 0.15) is 33.1 Å². The summed E-state index contributed by atoms with van der Waals surface area (Å²) in [6.07, 6.45) is 3.31. The normalized spacial score (nSPS) is 48.7. The van der Waals surface area contributed by atoms with Crippen LogP contribution in [0, 0.1) is 5.92 Å². The van der Waals surface area contributed by atoms with Gasteiger partial charge in [-0.25, -0.2) is 4.79 Å². The number of aliphatic hydroxyl groups excluding tert-OH is 1. The average molecular weight is 264 g/mol. The lowest BCUT2D eigenvalue weighted by atomic mass is 9.84. The first-order valence-corrected chi connectivity index (χ1v) is 6.82. The highest BCUT2D eigenvalue weighted by Gasteiger charge is 2.55. The van der Waals surface area contributed by atoms with Gasteiger partial charge in [0, 0.05) is 24.3 Å². The Bertz CT molecular complexity index is 467. The fraction of sp³-hybridized carbons (Fsp3) is 0.667. The Hall–Kier alpha value is -1.13. The van der Waals surface area contributed by atoms with Gasteiger partial charge in [-0.1, -0.05) is 18.2 Å². The number of carbonyl (C=O) groups excluding carboxylic acids is 1. The van der Waals surface area contributed by atoms with Gasteiger partial charge in [-0.3, -0.25) is 0 Å². The molecule has 5 atom stereocenters. The van der Waals surface area contributed by atoms with Gasteiger partial charge in [-0.15, -0.1) is 0 Å². The molecule has 2 fully saturated rings. The molecule has 0 aromatic carbocycles. The summed E-state index contributed by atoms with van der Waals surface area (Å²) in [6, 6.07) is 0. The van der Waals surface area contributed by atoms with Crippen molar-refractivity contribution < 1.29 is 19.4 Å². The number of hydrogen-bond acceptors (Lipinski definition) is 4. The molecule has 19 heavy (non-hydrogen) atoms. The minimum absolute atomic E-state index is 0.0397. The third-order valence-corrected chi connectivity index (χ3v) is 4.53. The van der Waals surface area contributed by atoms with Crippen molar-refractivity contribution in [2.24, 2.45) is 5.92 Å². The fourth-order valence-electron chi connectivity index (χ4n) is 3.34. The van der Waals surface area contributed by atoms with Crippen molar-refractivity contribution in [1.29, 1.82) is 0 Å². The van der Waals surface area contributed by atoms with E-state index in [1.807, 2.05) is 19.9 Å². The molecule has 0 amide bonds. The SMILES string of the molecule is C=C1C(=O)O[C@@H]2C/C(C)=C/[C@H](O)C[C@@]3(C)O[C@H]3C[C@H]12. The predicted molar refractivity (Wildman–Crippen MR) is 69.4 cm³/mol. The maximum Gasteiger partial charge on any atom is 0.334 e. The van der Waals surface area contributed by atoms with Crippen LogP contribution >= 0.6 is 0 Å². The Kier molecular flexibility index (Phi) is 2.84. The molecule has 1 N–H and O–H groups in total. The maximum atomic E-state index is 11.7. The van der Waals surface area contributed by atoms with Gasteiger partial charge in [0.05, 0.1) is 17.8 Å². The number of rotatable bonds is 0. The second-order valence-electron chi connectivity index (χ2n) is 6.22. The van der Waals surface area contributed by atoms with Gasteiger partial charge in [0.2, 0.25) is 0 Å². The number of ether oxygens (including phenoxy) is 2. The summed E-state index contributed by atoms with van der Waals surface area (Å²) >= 11 is 0. The number of fused-ring (bicyclic) bond motifs is 2. The zero-order valence-corrected chi connectivity index (χ0v) is 11.4. The number of carbonyl (C=O) groups is 1. The molecule has 0 unspecified atom stereocenters. The quantitative estimate of drug-likeness (QED) is 0.313. The van der Waals surface area contributed by atoms with Crippen LogP contribution in [-0.2, 0) is 14.3 Å². The van der Waals surface area contributed by atoms with Gasteiger partial charge in [0.25, 0.3) is 0 Å². The maximum absolute atomic E-state index is 11.7. The summed E-state index contributed by atoms with van der Waals surface area (Å²) in [7, 11) is 0. The molecule has 0 bridgehead atoms. The summed E-state index contributed by atoms with van der Waals surface area (Å²) < 4.78 is 11.1. The van der Waals surface area contributed by atoms with Crippen LogP contribution in [-0.4, -0.2) is 35.0 Å². The molecule has 0 saturated carbocycles. The van der Waals surface area contributed by atoms with Crippen LogP contribution in [0.15, 0.2) is 23.8 Å². The lowest BCUT2D eigenvalue weighted by Crippen LogP contribution is -2.25. The molecule has 0 aromatic rings. The Morgan fingerprint density at radius 1 is 1.53 bits per heavy atom. The predicted octanol–water partition coefficient (Wildman–Crippen LogP) is 1.73. The standard InChI is InChI=1S/C15H20O4/c1-8-4-10(16)7-15(3)13(19-15)6-11-9(2)14(17)18-12(11)5-8/h4,10-13,16H,2,5-7H2,1,3H3/b8-4+/t10-,11+,12+,13-,15+/m0/s1. The first-order valence-electron chi connectivity index (χ1n) is 6.82. The van der Waals surface area contributed by atoms with Crippen molar-refractivity contribution in [3.05, 3.63) is 23.8 Å². The summed E-state index contributed by atoms with van der Waals surface area (Å²) in [5.74, 6) is -0.247. The molecule has 0 radical (unpaired) electrons. The van der Waals surface area contributed by atoms with E-state index >= 15 is 0 Å². The second kappa shape index (κ2) is 4.18. The molecule has 4 heteroatoms. The third kappa shape index (κ3) is 2.23. The minimum Gasteiger partial charge on any atom is -0.458 e. The van der Waals surface area contributed by atoms with Gasteiger partial charge < -0.3 is 14.6 Å². The van der Waals surface area contributed by atoms with E-state index in [0.717, 1.165) is 12.0 Å². The second-order valence-corrected chi connectivity index (χ2v) is 6.22. The highest BCUT2D eigenvalue weighted by molar-refractivity contribution is 5.90. The number of aliphatic hydroxyl groups is 1. The molecule has 3 aliphatic rings. The summed E-state index contributed by atoms with van der Waals surface area (Å²) in [4.78, 5) is 11.7. The molecular formula is C15H20O4. The Labute approximate surface area is 113 Å². The largest absolute Gasteiger partial charge is 0.458 e. The molecule has 2 saturated heterocycles. The number of epoxide rings is 1. The van der Waals surface area contributed by atoms with Gasteiger partial charge in [-0.05, 0) is 20.3 Å². The highest BCUT2D eigenvalue weighted by Crippen LogP contribution is 2.48. The van der Waals surface area contributed by atoms with E-state index in [4.69, 9.17) is 9.47 Å². The van der Waals surface area contributed by atoms with Crippen molar-refractivity contribution in [2.75, 3.05) is 0 Å². The number of hydrogen-bond donors (Lipinski definition) is 1. The topological polar surface area (TPSA) is 59.1 Å². The van der Waals surface area contributed by atoms with Crippen LogP contribution in [0.5, 0.6) is 0 Å². The first-order chi connectivity index (χ1) is 8.89. The third-order valence-electron chi connectivity index (χ3n) is 4.53. The molecular weight excluding hydrogens is 244 g/mol. The van der Waals surface area contributed by atoms with Crippen molar-refractivity contribution in [3.8, 4) is 0 Å². The van der Waals surface area contributed by atoms with E-state index < -0.39 is 6.10 Å². The molecule has 3 rings (SSSR count). The zero-order chi connectivity index (χ0) is 13.8. The fourth-order valence-corrected chi connectivity index (χ4v) is 3.34. The Morgan fingerprint density at radius 2 is 2.26 bits per heavy atom. The van der Waals surface area contributed by atoms with Gasteiger partial charge in [-0.2, -0.15) is 0 Å². The molecule has 2 heterocycles. The van der Waals surface area contributed by atoms with Gasteiger partial charge >= 0.3 is 5.97 Å². The molecule has 104 valence electrons. The highest BCUT2D eigenvalue weighted by atomic mass is 16.6. The van der Waals surface area contributed by atoms with Crippen molar-refractivity contribution in [3.63, 3.8) is 0 Å². The molecule has 2 aliphatic heterocycles. The van der Waals surface area contributed by atoms with Crippen molar-refractivity contribution >= 4 is 5.97 Å². The minimum atomic E-state index is -0.494. The van der Waals surface area contributed by atoms with E-state index in [1.54, 1.807) is 0 Å². The Balaban J connectivity index is 1.88. The van der Waals surface area contributed by atoms with Gasteiger partial charge in [0.1, 0.15) is 6.10 Å². The van der Waals surface area contributed by atoms with E-state index in [9.17, 15) is 9.90 Å². The van der Waals surface area contributed by atoms with E-state index in [2.05, 4.69) is 6.58 Å². The number of esters is 1. The summed E-state index contributed by atoms with van der Waals surface area (Å²) in [5.41, 5.74) is 1.34. The lowest BCUT2D eigenvalue weighted by Gasteiger charge is -2.20. The van der Waals surface area contributed by atoms with Crippen LogP contribution in [0.3, 0.4) is 0 Å². The van der Waals surface area contributed by atoms with Gasteiger partial charge in [0.15, 0.2) is 0 Å². The van der Waals surface area contributed by atoms with Crippen LogP contribution < -0.4 is 0 Å². The van der Waals surface area contributed by atoms with Crippen LogP contribution in [0.25, 0.3) is 0 Å². The zero-order valence-electron chi connectivity index (χ0n) is 11.4. The van der Waals surface area contributed by atoms with Crippen LogP contribution in [0.4, 0.5) is 0 Å². The monoisotopic (exact) mass is 264 g/mol. The smallest absolute Gasteiger partial charge is 0.334 e. The average Bonchev–Trinajstić information content (AvgIpc) is 2.84. The van der Waals surface area contributed by atoms with Crippen molar-refractivity contribution in [2.45, 2.75) is 57.0 Å². The van der Waals surface area contributed by atoms with E-state index in [-0.39, 0.29) is 29.7 Å². The summed E-state index contributed by atoms with van der Waals surface area (Å²) in [6.45, 7) is 7.84.